The molecule has 4 nitrogen and oxygen atoms in total. The van der Waals surface area contributed by atoms with Gasteiger partial charge in [0.1, 0.15) is 11.6 Å². The van der Waals surface area contributed by atoms with Gasteiger partial charge >= 0.3 is 0 Å². The van der Waals surface area contributed by atoms with E-state index < -0.39 is 6.10 Å². The molecule has 26 heavy (non-hydrogen) atoms. The number of carbonyl (C=O) groups is 1. The molecule has 5 heteroatoms. The first-order chi connectivity index (χ1) is 12.6. The van der Waals surface area contributed by atoms with E-state index in [2.05, 4.69) is 10.2 Å². The molecule has 1 aliphatic heterocycles. The molecule has 2 fully saturated rings. The first-order valence-electron chi connectivity index (χ1n) is 10.0. The topological polar surface area (TPSA) is 41.6 Å². The van der Waals surface area contributed by atoms with E-state index in [1.807, 2.05) is 0 Å². The standard InChI is InChI=1S/C21H31FN2O2/c1-16(26-20-9-7-18(22)8-10-20)21(25)23-19-11-13-24(14-12-19)15-17-5-3-2-4-6-17/h7-10,16-17,19H,2-6,11-15H2,1H3,(H,23,25)/t16-/m0/s1. The molecule has 2 aliphatic rings. The van der Waals surface area contributed by atoms with E-state index in [1.54, 1.807) is 19.1 Å². The maximum atomic E-state index is 12.9. The molecular formula is C21H31FN2O2. The molecular weight excluding hydrogens is 331 g/mol. The molecule has 1 N–H and O–H groups in total. The lowest BCUT2D eigenvalue weighted by Gasteiger charge is -2.35. The number of halogens is 1. The van der Waals surface area contributed by atoms with Crippen LogP contribution in [0.3, 0.4) is 0 Å². The third-order valence-corrected chi connectivity index (χ3v) is 5.67. The molecule has 1 saturated carbocycles. The highest BCUT2D eigenvalue weighted by atomic mass is 19.1. The predicted octanol–water partition coefficient (Wildman–Crippen LogP) is 3.75. The second-order valence-electron chi connectivity index (χ2n) is 7.80. The van der Waals surface area contributed by atoms with Crippen molar-refractivity contribution >= 4 is 5.91 Å². The van der Waals surface area contributed by atoms with Gasteiger partial charge in [0.15, 0.2) is 6.10 Å². The van der Waals surface area contributed by atoms with E-state index in [9.17, 15) is 9.18 Å². The summed E-state index contributed by atoms with van der Waals surface area (Å²) in [7, 11) is 0. The number of benzene rings is 1. The number of likely N-dealkylation sites (tertiary alicyclic amines) is 1. The normalized spacial score (nSPS) is 21.3. The molecule has 0 radical (unpaired) electrons. The minimum atomic E-state index is -0.583. The minimum absolute atomic E-state index is 0.0972. The largest absolute Gasteiger partial charge is 0.481 e. The fraction of sp³-hybridized carbons (Fsp3) is 0.667. The lowest BCUT2D eigenvalue weighted by atomic mass is 9.88. The second-order valence-corrected chi connectivity index (χ2v) is 7.80. The smallest absolute Gasteiger partial charge is 0.260 e. The van der Waals surface area contributed by atoms with Crippen molar-refractivity contribution in [1.29, 1.82) is 0 Å². The van der Waals surface area contributed by atoms with Gasteiger partial charge in [-0.15, -0.1) is 0 Å². The molecule has 3 rings (SSSR count). The molecule has 1 atom stereocenters. The average Bonchev–Trinajstić information content (AvgIpc) is 2.66. The monoisotopic (exact) mass is 362 g/mol. The first kappa shape index (κ1) is 19.2. The summed E-state index contributed by atoms with van der Waals surface area (Å²) in [6, 6.07) is 5.99. The second kappa shape index (κ2) is 9.36. The number of amides is 1. The molecule has 144 valence electrons. The number of nitrogens with one attached hydrogen (secondary N) is 1. The van der Waals surface area contributed by atoms with Crippen LogP contribution in [-0.4, -0.2) is 42.6 Å². The van der Waals surface area contributed by atoms with Crippen LogP contribution in [0.25, 0.3) is 0 Å². The molecule has 0 unspecified atom stereocenters. The van der Waals surface area contributed by atoms with Gasteiger partial charge in [-0.05, 0) is 62.8 Å². The van der Waals surface area contributed by atoms with Gasteiger partial charge in [-0.3, -0.25) is 4.79 Å². The fourth-order valence-corrected chi connectivity index (χ4v) is 4.08. The van der Waals surface area contributed by atoms with Crippen molar-refractivity contribution in [2.75, 3.05) is 19.6 Å². The van der Waals surface area contributed by atoms with Crippen LogP contribution in [0.1, 0.15) is 51.9 Å². The van der Waals surface area contributed by atoms with E-state index in [-0.39, 0.29) is 17.8 Å². The van der Waals surface area contributed by atoms with Gasteiger partial charge in [0.05, 0.1) is 0 Å². The highest BCUT2D eigenvalue weighted by molar-refractivity contribution is 5.81. The number of carbonyl (C=O) groups excluding carboxylic acids is 1. The lowest BCUT2D eigenvalue weighted by Crippen LogP contribution is -2.48. The zero-order valence-electron chi connectivity index (χ0n) is 15.8. The Hall–Kier alpha value is -1.62. The van der Waals surface area contributed by atoms with E-state index in [0.717, 1.165) is 31.8 Å². The molecule has 1 saturated heterocycles. The Balaban J connectivity index is 1.37. The predicted molar refractivity (Wildman–Crippen MR) is 101 cm³/mol. The Labute approximate surface area is 156 Å². The summed E-state index contributed by atoms with van der Waals surface area (Å²) in [5, 5.41) is 3.11. The number of rotatable bonds is 6. The van der Waals surface area contributed by atoms with Crippen molar-refractivity contribution in [2.24, 2.45) is 5.92 Å². The fourth-order valence-electron chi connectivity index (χ4n) is 4.08. The van der Waals surface area contributed by atoms with E-state index in [0.29, 0.717) is 5.75 Å². The molecule has 1 heterocycles. The third-order valence-electron chi connectivity index (χ3n) is 5.67. The zero-order chi connectivity index (χ0) is 18.4. The molecule has 1 aromatic rings. The Morgan fingerprint density at radius 2 is 1.81 bits per heavy atom. The number of ether oxygens (including phenoxy) is 1. The van der Waals surface area contributed by atoms with Crippen LogP contribution in [0.2, 0.25) is 0 Å². The molecule has 0 bridgehead atoms. The lowest BCUT2D eigenvalue weighted by molar-refractivity contribution is -0.128. The van der Waals surface area contributed by atoms with Gasteiger partial charge in [-0.1, -0.05) is 19.3 Å². The summed E-state index contributed by atoms with van der Waals surface area (Å²) in [5.74, 6) is 0.977. The number of hydrogen-bond donors (Lipinski definition) is 1. The molecule has 1 aliphatic carbocycles. The van der Waals surface area contributed by atoms with Crippen LogP contribution in [0.4, 0.5) is 4.39 Å². The average molecular weight is 362 g/mol. The van der Waals surface area contributed by atoms with Crippen LogP contribution >= 0.6 is 0 Å². The van der Waals surface area contributed by atoms with Crippen molar-refractivity contribution < 1.29 is 13.9 Å². The summed E-state index contributed by atoms with van der Waals surface area (Å²) in [4.78, 5) is 14.9. The summed E-state index contributed by atoms with van der Waals surface area (Å²) in [6.07, 6.45) is 8.38. The molecule has 0 aromatic heterocycles. The highest BCUT2D eigenvalue weighted by Gasteiger charge is 2.25. The summed E-state index contributed by atoms with van der Waals surface area (Å²) in [6.45, 7) is 5.09. The molecule has 1 aromatic carbocycles. The van der Waals surface area contributed by atoms with Crippen molar-refractivity contribution in [3.63, 3.8) is 0 Å². The maximum absolute atomic E-state index is 12.9. The highest BCUT2D eigenvalue weighted by Crippen LogP contribution is 2.25. The van der Waals surface area contributed by atoms with Gasteiger partial charge in [0.25, 0.3) is 5.91 Å². The summed E-state index contributed by atoms with van der Waals surface area (Å²) in [5.41, 5.74) is 0. The van der Waals surface area contributed by atoms with Crippen molar-refractivity contribution in [3.05, 3.63) is 30.1 Å². The quantitative estimate of drug-likeness (QED) is 0.838. The summed E-state index contributed by atoms with van der Waals surface area (Å²) < 4.78 is 18.5. The van der Waals surface area contributed by atoms with E-state index in [1.165, 1.54) is 50.8 Å². The molecule has 0 spiro atoms. The van der Waals surface area contributed by atoms with Crippen molar-refractivity contribution in [1.82, 2.24) is 10.2 Å². The Morgan fingerprint density at radius 1 is 1.15 bits per heavy atom. The van der Waals surface area contributed by atoms with Gasteiger partial charge in [-0.2, -0.15) is 0 Å². The number of nitrogens with zero attached hydrogens (tertiary/aromatic N) is 1. The molecule has 1 amide bonds. The van der Waals surface area contributed by atoms with E-state index >= 15 is 0 Å². The Morgan fingerprint density at radius 3 is 2.46 bits per heavy atom. The Bertz CT molecular complexity index is 564. The maximum Gasteiger partial charge on any atom is 0.260 e. The zero-order valence-corrected chi connectivity index (χ0v) is 15.8. The van der Waals surface area contributed by atoms with Gasteiger partial charge in [0.2, 0.25) is 0 Å². The minimum Gasteiger partial charge on any atom is -0.481 e. The van der Waals surface area contributed by atoms with Gasteiger partial charge in [-0.25, -0.2) is 4.39 Å². The first-order valence-corrected chi connectivity index (χ1v) is 10.0. The third kappa shape index (κ3) is 5.70. The van der Waals surface area contributed by atoms with Crippen LogP contribution in [0.15, 0.2) is 24.3 Å². The number of hydrogen-bond acceptors (Lipinski definition) is 3. The summed E-state index contributed by atoms with van der Waals surface area (Å²) >= 11 is 0. The van der Waals surface area contributed by atoms with Gasteiger partial charge in [0, 0.05) is 25.7 Å². The number of piperidine rings is 1. The van der Waals surface area contributed by atoms with Crippen LogP contribution in [0, 0.1) is 11.7 Å². The SMILES string of the molecule is C[C@H](Oc1ccc(F)cc1)C(=O)NC1CCN(CC2CCCCC2)CC1. The Kier molecular flexibility index (Phi) is 6.89. The van der Waals surface area contributed by atoms with Crippen LogP contribution in [-0.2, 0) is 4.79 Å². The van der Waals surface area contributed by atoms with Crippen molar-refractivity contribution in [3.8, 4) is 5.75 Å². The van der Waals surface area contributed by atoms with Crippen LogP contribution < -0.4 is 10.1 Å². The van der Waals surface area contributed by atoms with Crippen LogP contribution in [0.5, 0.6) is 5.75 Å². The van der Waals surface area contributed by atoms with Crippen molar-refractivity contribution in [2.45, 2.75) is 64.0 Å². The van der Waals surface area contributed by atoms with E-state index in [4.69, 9.17) is 4.74 Å². The van der Waals surface area contributed by atoms with Gasteiger partial charge < -0.3 is 15.0 Å².